The number of carbonyl (C=O) groups excluding carboxylic acids is 1. The van der Waals surface area contributed by atoms with Gasteiger partial charge in [0, 0.05) is 12.4 Å². The molecule has 1 aliphatic rings. The van der Waals surface area contributed by atoms with Gasteiger partial charge in [-0.15, -0.1) is 0 Å². The van der Waals surface area contributed by atoms with Gasteiger partial charge in [0.15, 0.2) is 0 Å². The molecule has 0 aliphatic carbocycles. The fourth-order valence-corrected chi connectivity index (χ4v) is 2.43. The highest BCUT2D eigenvalue weighted by atomic mass is 16.2. The molecule has 2 rings (SSSR count). The molecule has 1 fully saturated rings. The molecule has 1 N–H and O–H groups in total. The predicted octanol–water partition coefficient (Wildman–Crippen LogP) is 1.99. The van der Waals surface area contributed by atoms with Gasteiger partial charge in [-0.1, -0.05) is 13.0 Å². The molecule has 0 aromatic carbocycles. The van der Waals surface area contributed by atoms with Crippen molar-refractivity contribution in [2.24, 2.45) is 5.92 Å². The van der Waals surface area contributed by atoms with Crippen molar-refractivity contribution in [2.45, 2.75) is 32.7 Å². The van der Waals surface area contributed by atoms with E-state index in [0.717, 1.165) is 24.6 Å². The molecule has 1 amide bonds. The van der Waals surface area contributed by atoms with Gasteiger partial charge in [0.25, 0.3) is 0 Å². The zero-order valence-corrected chi connectivity index (χ0v) is 11.8. The summed E-state index contributed by atoms with van der Waals surface area (Å²) >= 11 is 0. The normalized spacial score (nSPS) is 19.1. The van der Waals surface area contributed by atoms with Gasteiger partial charge in [0.2, 0.25) is 5.91 Å². The van der Waals surface area contributed by atoms with Gasteiger partial charge in [-0.2, -0.15) is 0 Å². The van der Waals surface area contributed by atoms with Crippen molar-refractivity contribution in [3.63, 3.8) is 0 Å². The van der Waals surface area contributed by atoms with Gasteiger partial charge in [-0.3, -0.25) is 14.7 Å². The molecule has 1 aromatic rings. The van der Waals surface area contributed by atoms with Crippen LogP contribution < -0.4 is 5.32 Å². The standard InChI is InChI=1S/C15H23N3O/c1-12-5-8-18(9-6-12)11-15(19)17-13(2)14-4-3-7-16-10-14/h3-4,7,10,12-13H,5-6,8-9,11H2,1-2H3,(H,17,19)/t13-/m0/s1. The second-order valence-electron chi connectivity index (χ2n) is 5.53. The summed E-state index contributed by atoms with van der Waals surface area (Å²) < 4.78 is 0. The van der Waals surface area contributed by atoms with E-state index in [4.69, 9.17) is 0 Å². The van der Waals surface area contributed by atoms with Crippen LogP contribution in [-0.4, -0.2) is 35.4 Å². The third-order valence-electron chi connectivity index (χ3n) is 3.81. The average molecular weight is 261 g/mol. The molecule has 0 radical (unpaired) electrons. The molecule has 2 heterocycles. The number of aromatic nitrogens is 1. The van der Waals surface area contributed by atoms with Crippen LogP contribution in [0.15, 0.2) is 24.5 Å². The Labute approximate surface area is 115 Å². The average Bonchev–Trinajstić information content (AvgIpc) is 2.42. The van der Waals surface area contributed by atoms with Crippen molar-refractivity contribution >= 4 is 5.91 Å². The lowest BCUT2D eigenvalue weighted by Gasteiger charge is -2.29. The first-order valence-corrected chi connectivity index (χ1v) is 7.07. The van der Waals surface area contributed by atoms with Gasteiger partial charge < -0.3 is 5.32 Å². The maximum atomic E-state index is 12.0. The summed E-state index contributed by atoms with van der Waals surface area (Å²) in [7, 11) is 0. The minimum absolute atomic E-state index is 0.0184. The van der Waals surface area contributed by atoms with E-state index in [1.807, 2.05) is 19.1 Å². The Balaban J connectivity index is 1.78. The maximum absolute atomic E-state index is 12.0. The summed E-state index contributed by atoms with van der Waals surface area (Å²) in [4.78, 5) is 18.3. The van der Waals surface area contributed by atoms with Gasteiger partial charge in [-0.25, -0.2) is 0 Å². The van der Waals surface area contributed by atoms with Crippen LogP contribution in [0.5, 0.6) is 0 Å². The van der Waals surface area contributed by atoms with E-state index in [1.165, 1.54) is 12.8 Å². The number of piperidine rings is 1. The lowest BCUT2D eigenvalue weighted by atomic mass is 9.99. The first-order chi connectivity index (χ1) is 9.15. The summed E-state index contributed by atoms with van der Waals surface area (Å²) in [6.07, 6.45) is 5.94. The Hall–Kier alpha value is -1.42. The second kappa shape index (κ2) is 6.66. The van der Waals surface area contributed by atoms with Crippen LogP contribution in [0, 0.1) is 5.92 Å². The van der Waals surface area contributed by atoms with Crippen LogP contribution in [-0.2, 0) is 4.79 Å². The molecule has 1 atom stereocenters. The van der Waals surface area contributed by atoms with E-state index in [1.54, 1.807) is 12.4 Å². The Morgan fingerprint density at radius 3 is 2.89 bits per heavy atom. The molecule has 1 aromatic heterocycles. The number of pyridine rings is 1. The fraction of sp³-hybridized carbons (Fsp3) is 0.600. The molecule has 4 nitrogen and oxygen atoms in total. The van der Waals surface area contributed by atoms with Crippen molar-refractivity contribution in [1.29, 1.82) is 0 Å². The lowest BCUT2D eigenvalue weighted by Crippen LogP contribution is -2.41. The predicted molar refractivity (Wildman–Crippen MR) is 75.6 cm³/mol. The Kier molecular flexibility index (Phi) is 4.91. The number of rotatable bonds is 4. The summed E-state index contributed by atoms with van der Waals surface area (Å²) in [6, 6.07) is 3.90. The highest BCUT2D eigenvalue weighted by molar-refractivity contribution is 5.78. The summed E-state index contributed by atoms with van der Waals surface area (Å²) in [5, 5.41) is 3.03. The van der Waals surface area contributed by atoms with Crippen LogP contribution in [0.2, 0.25) is 0 Å². The molecular weight excluding hydrogens is 238 g/mol. The summed E-state index contributed by atoms with van der Waals surface area (Å²) in [5.74, 6) is 0.902. The van der Waals surface area contributed by atoms with E-state index in [0.29, 0.717) is 6.54 Å². The fourth-order valence-electron chi connectivity index (χ4n) is 2.43. The highest BCUT2D eigenvalue weighted by Crippen LogP contribution is 2.15. The largest absolute Gasteiger partial charge is 0.348 e. The Bertz CT molecular complexity index is 399. The number of carbonyl (C=O) groups is 1. The quantitative estimate of drug-likeness (QED) is 0.901. The topological polar surface area (TPSA) is 45.2 Å². The van der Waals surface area contributed by atoms with Crippen LogP contribution in [0.1, 0.15) is 38.3 Å². The first-order valence-electron chi connectivity index (χ1n) is 7.07. The zero-order chi connectivity index (χ0) is 13.7. The van der Waals surface area contributed by atoms with Crippen molar-refractivity contribution in [1.82, 2.24) is 15.2 Å². The van der Waals surface area contributed by atoms with Gasteiger partial charge >= 0.3 is 0 Å². The number of hydrogen-bond donors (Lipinski definition) is 1. The van der Waals surface area contributed by atoms with E-state index >= 15 is 0 Å². The van der Waals surface area contributed by atoms with E-state index in [9.17, 15) is 4.79 Å². The molecule has 0 bridgehead atoms. The van der Waals surface area contributed by atoms with Crippen molar-refractivity contribution < 1.29 is 4.79 Å². The smallest absolute Gasteiger partial charge is 0.234 e. The van der Waals surface area contributed by atoms with Crippen molar-refractivity contribution in [3.8, 4) is 0 Å². The van der Waals surface area contributed by atoms with Gasteiger partial charge in [-0.05, 0) is 50.4 Å². The molecule has 4 heteroatoms. The van der Waals surface area contributed by atoms with E-state index in [2.05, 4.69) is 22.1 Å². The van der Waals surface area contributed by atoms with Crippen molar-refractivity contribution in [3.05, 3.63) is 30.1 Å². The number of amides is 1. The van der Waals surface area contributed by atoms with Crippen LogP contribution in [0.3, 0.4) is 0 Å². The van der Waals surface area contributed by atoms with Crippen LogP contribution >= 0.6 is 0 Å². The number of likely N-dealkylation sites (tertiary alicyclic amines) is 1. The monoisotopic (exact) mass is 261 g/mol. The summed E-state index contributed by atoms with van der Waals surface area (Å²) in [6.45, 7) is 6.86. The lowest BCUT2D eigenvalue weighted by molar-refractivity contribution is -0.123. The molecule has 104 valence electrons. The second-order valence-corrected chi connectivity index (χ2v) is 5.53. The molecule has 0 saturated carbocycles. The molecule has 0 spiro atoms. The molecule has 19 heavy (non-hydrogen) atoms. The molecule has 0 unspecified atom stereocenters. The van der Waals surface area contributed by atoms with Crippen LogP contribution in [0.25, 0.3) is 0 Å². The van der Waals surface area contributed by atoms with Crippen molar-refractivity contribution in [2.75, 3.05) is 19.6 Å². The van der Waals surface area contributed by atoms with E-state index < -0.39 is 0 Å². The maximum Gasteiger partial charge on any atom is 0.234 e. The summed E-state index contributed by atoms with van der Waals surface area (Å²) in [5.41, 5.74) is 1.04. The Morgan fingerprint density at radius 2 is 2.26 bits per heavy atom. The van der Waals surface area contributed by atoms with E-state index in [-0.39, 0.29) is 11.9 Å². The SMILES string of the molecule is CC1CCN(CC(=O)N[C@@H](C)c2cccnc2)CC1. The third kappa shape index (κ3) is 4.31. The minimum atomic E-state index is 0.0184. The van der Waals surface area contributed by atoms with Gasteiger partial charge in [0.05, 0.1) is 12.6 Å². The number of nitrogens with one attached hydrogen (secondary N) is 1. The zero-order valence-electron chi connectivity index (χ0n) is 11.8. The number of hydrogen-bond acceptors (Lipinski definition) is 3. The first kappa shape index (κ1) is 14.0. The third-order valence-corrected chi connectivity index (χ3v) is 3.81. The highest BCUT2D eigenvalue weighted by Gasteiger charge is 2.18. The number of nitrogens with zero attached hydrogens (tertiary/aromatic N) is 2. The minimum Gasteiger partial charge on any atom is -0.348 e. The molecule has 1 aliphatic heterocycles. The molecule has 1 saturated heterocycles. The molecular formula is C15H23N3O. The Morgan fingerprint density at radius 1 is 1.53 bits per heavy atom. The van der Waals surface area contributed by atoms with Crippen LogP contribution in [0.4, 0.5) is 0 Å². The van der Waals surface area contributed by atoms with Gasteiger partial charge in [0.1, 0.15) is 0 Å².